The van der Waals surface area contributed by atoms with Crippen LogP contribution >= 0.6 is 0 Å². The van der Waals surface area contributed by atoms with E-state index in [1.165, 1.54) is 16.7 Å². The summed E-state index contributed by atoms with van der Waals surface area (Å²) >= 11 is 0. The Balaban J connectivity index is 1.39. The van der Waals surface area contributed by atoms with Crippen LogP contribution in [-0.2, 0) is 24.2 Å². The number of amides is 1. The molecule has 1 saturated heterocycles. The number of nitrogens with zero attached hydrogens (tertiary/aromatic N) is 6. The Bertz CT molecular complexity index is 1110. The van der Waals surface area contributed by atoms with Gasteiger partial charge >= 0.3 is 0 Å². The number of rotatable bonds is 4. The number of carbonyl (C=O) groups excluding carboxylic acids is 1. The molecule has 0 bridgehead atoms. The average molecular weight is 433 g/mol. The molecule has 8 heteroatoms. The number of carbonyl (C=O) groups is 1. The van der Waals surface area contributed by atoms with Gasteiger partial charge in [0.15, 0.2) is 5.69 Å². The van der Waals surface area contributed by atoms with Crippen molar-refractivity contribution in [2.75, 3.05) is 26.3 Å². The Labute approximate surface area is 187 Å². The third-order valence-corrected chi connectivity index (χ3v) is 6.43. The second-order valence-electron chi connectivity index (χ2n) is 8.59. The monoisotopic (exact) mass is 432 g/mol. The van der Waals surface area contributed by atoms with Gasteiger partial charge in [-0.05, 0) is 55.2 Å². The smallest absolute Gasteiger partial charge is 0.276 e. The minimum absolute atomic E-state index is 0.0386. The van der Waals surface area contributed by atoms with Gasteiger partial charge in [0.1, 0.15) is 0 Å². The molecule has 2 aromatic heterocycles. The molecule has 0 saturated carbocycles. The number of benzene rings is 1. The maximum Gasteiger partial charge on any atom is 0.276 e. The lowest BCUT2D eigenvalue weighted by Gasteiger charge is -2.32. The first-order valence-electron chi connectivity index (χ1n) is 11.1. The molecule has 0 radical (unpaired) electrons. The molecule has 32 heavy (non-hydrogen) atoms. The van der Waals surface area contributed by atoms with Crippen molar-refractivity contribution in [3.8, 4) is 5.69 Å². The van der Waals surface area contributed by atoms with E-state index < -0.39 is 0 Å². The maximum absolute atomic E-state index is 13.1. The van der Waals surface area contributed by atoms with Crippen LogP contribution in [0.1, 0.15) is 39.8 Å². The van der Waals surface area contributed by atoms with Gasteiger partial charge in [-0.3, -0.25) is 14.7 Å². The lowest BCUT2D eigenvalue weighted by Crippen LogP contribution is -2.47. The zero-order valence-electron chi connectivity index (χ0n) is 18.6. The van der Waals surface area contributed by atoms with Gasteiger partial charge < -0.3 is 9.64 Å². The minimum Gasteiger partial charge on any atom is -0.377 e. The van der Waals surface area contributed by atoms with Crippen LogP contribution in [0.2, 0.25) is 0 Å². The summed E-state index contributed by atoms with van der Waals surface area (Å²) in [7, 11) is 0. The van der Waals surface area contributed by atoms with Gasteiger partial charge in [0.05, 0.1) is 30.6 Å². The molecular weight excluding hydrogens is 404 g/mol. The van der Waals surface area contributed by atoms with Crippen LogP contribution in [0.15, 0.2) is 42.7 Å². The van der Waals surface area contributed by atoms with Crippen LogP contribution in [0, 0.1) is 6.92 Å². The Hall–Kier alpha value is -3.10. The van der Waals surface area contributed by atoms with Crippen molar-refractivity contribution in [2.24, 2.45) is 0 Å². The zero-order valence-corrected chi connectivity index (χ0v) is 18.6. The van der Waals surface area contributed by atoms with E-state index in [2.05, 4.69) is 50.5 Å². The molecule has 0 spiro atoms. The zero-order chi connectivity index (χ0) is 22.1. The van der Waals surface area contributed by atoms with Crippen LogP contribution in [-0.4, -0.2) is 68.0 Å². The first kappa shape index (κ1) is 20.8. The quantitative estimate of drug-likeness (QED) is 0.630. The number of aromatic nitrogens is 4. The van der Waals surface area contributed by atoms with E-state index in [9.17, 15) is 4.79 Å². The fourth-order valence-corrected chi connectivity index (χ4v) is 4.65. The molecule has 8 nitrogen and oxygen atoms in total. The molecule has 0 N–H and O–H groups in total. The molecule has 1 aromatic carbocycles. The second-order valence-corrected chi connectivity index (χ2v) is 8.59. The molecule has 4 heterocycles. The number of hydrogen-bond acceptors (Lipinski definition) is 6. The van der Waals surface area contributed by atoms with Gasteiger partial charge in [-0.15, -0.1) is 5.10 Å². The highest BCUT2D eigenvalue weighted by Gasteiger charge is 2.29. The van der Waals surface area contributed by atoms with E-state index in [1.54, 1.807) is 0 Å². The van der Waals surface area contributed by atoms with Gasteiger partial charge in [-0.25, -0.2) is 4.68 Å². The highest BCUT2D eigenvalue weighted by Crippen LogP contribution is 2.27. The summed E-state index contributed by atoms with van der Waals surface area (Å²) in [5, 5.41) is 8.68. The van der Waals surface area contributed by atoms with Crippen LogP contribution in [0.5, 0.6) is 0 Å². The third-order valence-electron chi connectivity index (χ3n) is 6.43. The van der Waals surface area contributed by atoms with E-state index >= 15 is 0 Å². The van der Waals surface area contributed by atoms with Crippen molar-refractivity contribution >= 4 is 5.91 Å². The molecule has 1 amide bonds. The number of morpholine rings is 1. The summed E-state index contributed by atoms with van der Waals surface area (Å²) in [6.07, 6.45) is 4.62. The fraction of sp³-hybridized carbons (Fsp3) is 0.417. The van der Waals surface area contributed by atoms with Crippen molar-refractivity contribution in [1.29, 1.82) is 0 Å². The molecular formula is C24H28N6O2. The number of hydrogen-bond donors (Lipinski definition) is 0. The fourth-order valence-electron chi connectivity index (χ4n) is 4.65. The number of fused-ring (bicyclic) bond motifs is 1. The highest BCUT2D eigenvalue weighted by molar-refractivity contribution is 5.93. The molecule has 0 aliphatic carbocycles. The van der Waals surface area contributed by atoms with E-state index in [4.69, 9.17) is 4.74 Å². The number of ether oxygens (including phenoxy) is 1. The van der Waals surface area contributed by atoms with Crippen molar-refractivity contribution < 1.29 is 9.53 Å². The topological polar surface area (TPSA) is 76.4 Å². The molecule has 0 unspecified atom stereocenters. The summed E-state index contributed by atoms with van der Waals surface area (Å²) < 4.78 is 7.30. The third kappa shape index (κ3) is 3.91. The molecule has 2 aliphatic heterocycles. The van der Waals surface area contributed by atoms with Gasteiger partial charge in [-0.2, -0.15) is 0 Å². The predicted octanol–water partition coefficient (Wildman–Crippen LogP) is 2.39. The predicted molar refractivity (Wildman–Crippen MR) is 119 cm³/mol. The lowest BCUT2D eigenvalue weighted by molar-refractivity contribution is 0.00322. The number of pyridine rings is 1. The summed E-state index contributed by atoms with van der Waals surface area (Å²) in [5.41, 5.74) is 6.07. The molecule has 2 aliphatic rings. The van der Waals surface area contributed by atoms with E-state index in [0.29, 0.717) is 25.5 Å². The van der Waals surface area contributed by atoms with Gasteiger partial charge in [0.25, 0.3) is 5.91 Å². The van der Waals surface area contributed by atoms with E-state index in [-0.39, 0.29) is 11.9 Å². The minimum atomic E-state index is -0.0714. The maximum atomic E-state index is 13.1. The Morgan fingerprint density at radius 2 is 2.03 bits per heavy atom. The summed E-state index contributed by atoms with van der Waals surface area (Å²) in [6.45, 7) is 8.39. The van der Waals surface area contributed by atoms with Crippen LogP contribution in [0.25, 0.3) is 5.69 Å². The first-order valence-corrected chi connectivity index (χ1v) is 11.1. The molecule has 1 atom stereocenters. The normalized spacial score (nSPS) is 19.1. The average Bonchev–Trinajstić information content (AvgIpc) is 3.20. The van der Waals surface area contributed by atoms with Gasteiger partial charge in [0, 0.05) is 38.6 Å². The highest BCUT2D eigenvalue weighted by atomic mass is 16.5. The first-order chi connectivity index (χ1) is 15.6. The van der Waals surface area contributed by atoms with Crippen LogP contribution < -0.4 is 0 Å². The van der Waals surface area contributed by atoms with Crippen molar-refractivity contribution in [2.45, 2.75) is 39.4 Å². The SMILES string of the molecule is Cc1c(C(=O)N2CCOC[C@@H]2C)nnn1-c1cccc2c1CCN(Cc1ccncc1)C2. The Kier molecular flexibility index (Phi) is 5.71. The lowest BCUT2D eigenvalue weighted by atomic mass is 9.97. The van der Waals surface area contributed by atoms with Gasteiger partial charge in [0.2, 0.25) is 0 Å². The Morgan fingerprint density at radius 1 is 1.19 bits per heavy atom. The standard InChI is InChI=1S/C24H28N6O2/c1-17-16-32-13-12-29(17)24(31)23-18(2)30(27-26-23)22-5-3-4-20-15-28(11-8-21(20)22)14-19-6-9-25-10-7-19/h3-7,9-10,17H,8,11-16H2,1-2H3/t17-/m0/s1. The second kappa shape index (κ2) is 8.80. The summed E-state index contributed by atoms with van der Waals surface area (Å²) in [5.74, 6) is -0.0714. The largest absolute Gasteiger partial charge is 0.377 e. The summed E-state index contributed by atoms with van der Waals surface area (Å²) in [6, 6.07) is 10.5. The van der Waals surface area contributed by atoms with Crippen molar-refractivity contribution in [1.82, 2.24) is 29.8 Å². The van der Waals surface area contributed by atoms with Crippen molar-refractivity contribution in [3.05, 3.63) is 70.8 Å². The van der Waals surface area contributed by atoms with E-state index in [1.807, 2.05) is 35.8 Å². The van der Waals surface area contributed by atoms with E-state index in [0.717, 1.165) is 37.4 Å². The molecule has 3 aromatic rings. The molecule has 1 fully saturated rings. The Morgan fingerprint density at radius 3 is 2.84 bits per heavy atom. The van der Waals surface area contributed by atoms with Crippen molar-refractivity contribution in [3.63, 3.8) is 0 Å². The molecule has 166 valence electrons. The summed E-state index contributed by atoms with van der Waals surface area (Å²) in [4.78, 5) is 21.5. The van der Waals surface area contributed by atoms with Crippen LogP contribution in [0.3, 0.4) is 0 Å². The van der Waals surface area contributed by atoms with Gasteiger partial charge in [-0.1, -0.05) is 17.3 Å². The molecule has 5 rings (SSSR count). The van der Waals surface area contributed by atoms with Crippen LogP contribution in [0.4, 0.5) is 0 Å².